The Hall–Kier alpha value is -1.56. The van der Waals surface area contributed by atoms with Crippen molar-refractivity contribution in [2.45, 2.75) is 38.4 Å². The smallest absolute Gasteiger partial charge is 0.354 e. The zero-order chi connectivity index (χ0) is 16.3. The van der Waals surface area contributed by atoms with Crippen LogP contribution in [0, 0.1) is 11.8 Å². The number of nitrogens with one attached hydrogen (secondary N) is 1. The zero-order valence-electron chi connectivity index (χ0n) is 12.5. The Labute approximate surface area is 128 Å². The number of alkyl halides is 3. The van der Waals surface area contributed by atoms with E-state index in [0.29, 0.717) is 24.4 Å². The van der Waals surface area contributed by atoms with E-state index in [9.17, 15) is 18.0 Å². The van der Waals surface area contributed by atoms with Crippen molar-refractivity contribution in [3.05, 3.63) is 35.4 Å². The summed E-state index contributed by atoms with van der Waals surface area (Å²) in [7, 11) is 0. The third kappa shape index (κ3) is 4.73. The van der Waals surface area contributed by atoms with Gasteiger partial charge in [-0.2, -0.15) is 13.2 Å². The van der Waals surface area contributed by atoms with Crippen molar-refractivity contribution >= 4 is 5.91 Å². The zero-order valence-corrected chi connectivity index (χ0v) is 12.5. The second-order valence-corrected chi connectivity index (χ2v) is 6.05. The summed E-state index contributed by atoms with van der Waals surface area (Å²) in [4.78, 5) is 12.0. The molecule has 0 bridgehead atoms. The van der Waals surface area contributed by atoms with Crippen LogP contribution in [0.1, 0.15) is 30.9 Å². The van der Waals surface area contributed by atoms with Crippen molar-refractivity contribution in [2.24, 2.45) is 17.6 Å². The van der Waals surface area contributed by atoms with E-state index in [0.717, 1.165) is 25.0 Å². The maximum Gasteiger partial charge on any atom is 0.416 e. The summed E-state index contributed by atoms with van der Waals surface area (Å²) in [6, 6.07) is 4.93. The van der Waals surface area contributed by atoms with E-state index in [1.54, 1.807) is 6.92 Å². The Balaban J connectivity index is 1.82. The minimum atomic E-state index is -4.33. The molecule has 122 valence electrons. The second kappa shape index (κ2) is 6.69. The number of benzene rings is 1. The molecule has 1 saturated carbocycles. The second-order valence-electron chi connectivity index (χ2n) is 6.05. The van der Waals surface area contributed by atoms with Gasteiger partial charge in [-0.15, -0.1) is 0 Å². The molecule has 0 radical (unpaired) electrons. The van der Waals surface area contributed by atoms with Crippen LogP contribution in [0.3, 0.4) is 0 Å². The van der Waals surface area contributed by atoms with E-state index in [1.165, 1.54) is 12.1 Å². The van der Waals surface area contributed by atoms with Crippen LogP contribution >= 0.6 is 0 Å². The summed E-state index contributed by atoms with van der Waals surface area (Å²) in [6.45, 7) is 2.22. The molecule has 0 saturated heterocycles. The molecule has 1 aliphatic rings. The number of carbonyl (C=O) groups is 1. The Morgan fingerprint density at radius 1 is 1.32 bits per heavy atom. The average Bonchev–Trinajstić information content (AvgIpc) is 3.28. The molecule has 3 N–H and O–H groups in total. The van der Waals surface area contributed by atoms with Crippen molar-refractivity contribution < 1.29 is 18.0 Å². The highest BCUT2D eigenvalue weighted by molar-refractivity contribution is 5.78. The Bertz CT molecular complexity index is 509. The first-order valence-corrected chi connectivity index (χ1v) is 7.47. The lowest BCUT2D eigenvalue weighted by molar-refractivity contribution is -0.137. The average molecular weight is 314 g/mol. The molecule has 2 atom stereocenters. The van der Waals surface area contributed by atoms with Crippen molar-refractivity contribution in [3.8, 4) is 0 Å². The van der Waals surface area contributed by atoms with Gasteiger partial charge in [0.2, 0.25) is 5.91 Å². The highest BCUT2D eigenvalue weighted by atomic mass is 19.4. The third-order valence-electron chi connectivity index (χ3n) is 4.01. The number of carbonyl (C=O) groups excluding carboxylic acids is 1. The minimum Gasteiger partial charge on any atom is -0.354 e. The maximum atomic E-state index is 12.5. The maximum absolute atomic E-state index is 12.5. The highest BCUT2D eigenvalue weighted by Gasteiger charge is 2.30. The monoisotopic (exact) mass is 314 g/mol. The Morgan fingerprint density at radius 2 is 1.91 bits per heavy atom. The molecule has 2 unspecified atom stereocenters. The summed E-state index contributed by atoms with van der Waals surface area (Å²) < 4.78 is 37.4. The summed E-state index contributed by atoms with van der Waals surface area (Å²) in [5.74, 6) is 0.102. The summed E-state index contributed by atoms with van der Waals surface area (Å²) in [5, 5.41) is 2.82. The molecule has 0 aromatic heterocycles. The van der Waals surface area contributed by atoms with E-state index < -0.39 is 11.7 Å². The van der Waals surface area contributed by atoms with Gasteiger partial charge in [-0.05, 0) is 42.9 Å². The fourth-order valence-corrected chi connectivity index (χ4v) is 2.36. The summed E-state index contributed by atoms with van der Waals surface area (Å²) >= 11 is 0. The van der Waals surface area contributed by atoms with Gasteiger partial charge in [0.05, 0.1) is 5.56 Å². The van der Waals surface area contributed by atoms with Gasteiger partial charge in [-0.3, -0.25) is 4.79 Å². The van der Waals surface area contributed by atoms with Gasteiger partial charge >= 0.3 is 6.18 Å². The van der Waals surface area contributed by atoms with Crippen LogP contribution < -0.4 is 11.1 Å². The normalized spacial score (nSPS) is 17.9. The van der Waals surface area contributed by atoms with Crippen LogP contribution in [0.25, 0.3) is 0 Å². The predicted octanol–water partition coefficient (Wildman–Crippen LogP) is 2.74. The van der Waals surface area contributed by atoms with Gasteiger partial charge in [0.1, 0.15) is 0 Å². The fraction of sp³-hybridized carbons (Fsp3) is 0.562. The molecule has 22 heavy (non-hydrogen) atoms. The van der Waals surface area contributed by atoms with Crippen molar-refractivity contribution in [2.75, 3.05) is 6.54 Å². The molecule has 1 fully saturated rings. The quantitative estimate of drug-likeness (QED) is 0.848. The van der Waals surface area contributed by atoms with E-state index in [-0.39, 0.29) is 17.9 Å². The van der Waals surface area contributed by atoms with Crippen LogP contribution in [0.5, 0.6) is 0 Å². The fourth-order valence-electron chi connectivity index (χ4n) is 2.36. The molecular weight excluding hydrogens is 293 g/mol. The third-order valence-corrected chi connectivity index (χ3v) is 4.01. The van der Waals surface area contributed by atoms with Crippen LogP contribution in [-0.4, -0.2) is 18.5 Å². The molecule has 2 rings (SSSR count). The lowest BCUT2D eigenvalue weighted by atomic mass is 9.99. The molecule has 1 aromatic rings. The van der Waals surface area contributed by atoms with E-state index in [2.05, 4.69) is 5.32 Å². The molecule has 1 amide bonds. The van der Waals surface area contributed by atoms with Crippen LogP contribution in [0.4, 0.5) is 13.2 Å². The molecule has 0 spiro atoms. The van der Waals surface area contributed by atoms with E-state index >= 15 is 0 Å². The van der Waals surface area contributed by atoms with E-state index in [1.807, 2.05) is 0 Å². The number of hydrogen-bond acceptors (Lipinski definition) is 2. The molecule has 0 aliphatic heterocycles. The number of halogens is 3. The molecule has 1 aliphatic carbocycles. The standard InChI is InChI=1S/C16H21F3N2O/c1-10(15(22)21-9-14(20)12-4-5-12)8-11-2-6-13(7-3-11)16(17,18)19/h2-3,6-7,10,12,14H,4-5,8-9,20H2,1H3,(H,21,22). The number of amides is 1. The van der Waals surface area contributed by atoms with Crippen LogP contribution in [-0.2, 0) is 17.4 Å². The van der Waals surface area contributed by atoms with Crippen LogP contribution in [0.2, 0.25) is 0 Å². The lowest BCUT2D eigenvalue weighted by Gasteiger charge is -2.16. The van der Waals surface area contributed by atoms with Gasteiger partial charge in [0.15, 0.2) is 0 Å². The number of nitrogens with two attached hydrogens (primary N) is 1. The molecule has 3 nitrogen and oxygen atoms in total. The van der Waals surface area contributed by atoms with Gasteiger partial charge in [-0.1, -0.05) is 19.1 Å². The SMILES string of the molecule is CC(Cc1ccc(C(F)(F)F)cc1)C(=O)NCC(N)C1CC1. The van der Waals surface area contributed by atoms with Gasteiger partial charge in [0.25, 0.3) is 0 Å². The van der Waals surface area contributed by atoms with E-state index in [4.69, 9.17) is 5.73 Å². The van der Waals surface area contributed by atoms with Crippen molar-refractivity contribution in [1.82, 2.24) is 5.32 Å². The first-order valence-electron chi connectivity index (χ1n) is 7.47. The van der Waals surface area contributed by atoms with Crippen LogP contribution in [0.15, 0.2) is 24.3 Å². The number of hydrogen-bond donors (Lipinski definition) is 2. The molecule has 0 heterocycles. The lowest BCUT2D eigenvalue weighted by Crippen LogP contribution is -2.40. The molecule has 1 aromatic carbocycles. The van der Waals surface area contributed by atoms with Crippen molar-refractivity contribution in [1.29, 1.82) is 0 Å². The topological polar surface area (TPSA) is 55.1 Å². The first-order chi connectivity index (χ1) is 10.3. The Kier molecular flexibility index (Phi) is 5.11. The van der Waals surface area contributed by atoms with Gasteiger partial charge in [0, 0.05) is 18.5 Å². The van der Waals surface area contributed by atoms with Gasteiger partial charge < -0.3 is 11.1 Å². The molecular formula is C16H21F3N2O. The largest absolute Gasteiger partial charge is 0.416 e. The van der Waals surface area contributed by atoms with Gasteiger partial charge in [-0.25, -0.2) is 0 Å². The number of rotatable bonds is 6. The Morgan fingerprint density at radius 3 is 2.41 bits per heavy atom. The predicted molar refractivity (Wildman–Crippen MR) is 78.0 cm³/mol. The highest BCUT2D eigenvalue weighted by Crippen LogP contribution is 2.31. The molecule has 6 heteroatoms. The summed E-state index contributed by atoms with van der Waals surface area (Å²) in [5.41, 5.74) is 5.95. The first kappa shape index (κ1) is 16.8. The minimum absolute atomic E-state index is 0.00205. The summed E-state index contributed by atoms with van der Waals surface area (Å²) in [6.07, 6.45) is -1.68. The van der Waals surface area contributed by atoms with Crippen molar-refractivity contribution in [3.63, 3.8) is 0 Å².